The first-order valence-electron chi connectivity index (χ1n) is 6.95. The van der Waals surface area contributed by atoms with Gasteiger partial charge in [-0.1, -0.05) is 30.3 Å². The van der Waals surface area contributed by atoms with Gasteiger partial charge in [-0.05, 0) is 33.3 Å². The summed E-state index contributed by atoms with van der Waals surface area (Å²) in [5.74, 6) is 0.694. The fraction of sp³-hybridized carbons (Fsp3) is 0.375. The maximum Gasteiger partial charge on any atom is 0.408 e. The molecule has 1 aromatic carbocycles. The van der Waals surface area contributed by atoms with Gasteiger partial charge >= 0.3 is 6.09 Å². The van der Waals surface area contributed by atoms with Gasteiger partial charge in [0.2, 0.25) is 0 Å². The van der Waals surface area contributed by atoms with Crippen molar-refractivity contribution in [2.75, 3.05) is 0 Å². The number of H-pyrrole nitrogens is 1. The molecule has 0 aliphatic rings. The van der Waals surface area contributed by atoms with Crippen LogP contribution in [0.3, 0.4) is 0 Å². The SMILES string of the molecule is CC(NC(=O)OC(C)(C)C)c1ncc(-c2ccccc2)[nH]1. The number of nitrogens with one attached hydrogen (secondary N) is 2. The third-order valence-electron chi connectivity index (χ3n) is 2.82. The van der Waals surface area contributed by atoms with E-state index in [1.165, 1.54) is 0 Å². The summed E-state index contributed by atoms with van der Waals surface area (Å²) in [4.78, 5) is 19.3. The summed E-state index contributed by atoms with van der Waals surface area (Å²) in [5.41, 5.74) is 1.46. The van der Waals surface area contributed by atoms with E-state index in [0.717, 1.165) is 11.3 Å². The third kappa shape index (κ3) is 4.34. The molecule has 1 aromatic heterocycles. The zero-order valence-electron chi connectivity index (χ0n) is 12.8. The van der Waals surface area contributed by atoms with Crippen molar-refractivity contribution < 1.29 is 9.53 Å². The van der Waals surface area contributed by atoms with Gasteiger partial charge in [0.1, 0.15) is 11.4 Å². The van der Waals surface area contributed by atoms with Crippen LogP contribution in [0.4, 0.5) is 4.79 Å². The quantitative estimate of drug-likeness (QED) is 0.905. The number of nitrogens with zero attached hydrogens (tertiary/aromatic N) is 1. The van der Waals surface area contributed by atoms with E-state index in [4.69, 9.17) is 4.74 Å². The van der Waals surface area contributed by atoms with E-state index in [1.54, 1.807) is 6.20 Å². The highest BCUT2D eigenvalue weighted by Gasteiger charge is 2.19. The van der Waals surface area contributed by atoms with E-state index in [2.05, 4.69) is 15.3 Å². The predicted octanol–water partition coefficient (Wildman–Crippen LogP) is 3.66. The Morgan fingerprint density at radius 3 is 2.57 bits per heavy atom. The van der Waals surface area contributed by atoms with E-state index < -0.39 is 11.7 Å². The largest absolute Gasteiger partial charge is 0.444 e. The summed E-state index contributed by atoms with van der Waals surface area (Å²) in [5, 5.41) is 2.76. The van der Waals surface area contributed by atoms with E-state index in [-0.39, 0.29) is 6.04 Å². The average molecular weight is 287 g/mol. The molecule has 112 valence electrons. The molecule has 2 aromatic rings. The number of ether oxygens (including phenoxy) is 1. The van der Waals surface area contributed by atoms with Crippen LogP contribution in [0.15, 0.2) is 36.5 Å². The topological polar surface area (TPSA) is 67.0 Å². The summed E-state index contributed by atoms with van der Waals surface area (Å²) in [6.07, 6.45) is 1.31. The lowest BCUT2D eigenvalue weighted by molar-refractivity contribution is 0.0506. The number of alkyl carbamates (subject to hydrolysis) is 1. The Bertz CT molecular complexity index is 599. The fourth-order valence-electron chi connectivity index (χ4n) is 1.87. The Balaban J connectivity index is 2.03. The van der Waals surface area contributed by atoms with Crippen LogP contribution in [0.2, 0.25) is 0 Å². The Hall–Kier alpha value is -2.30. The average Bonchev–Trinajstić information content (AvgIpc) is 2.87. The van der Waals surface area contributed by atoms with Crippen molar-refractivity contribution in [3.05, 3.63) is 42.4 Å². The van der Waals surface area contributed by atoms with Gasteiger partial charge in [0.25, 0.3) is 0 Å². The zero-order valence-corrected chi connectivity index (χ0v) is 12.8. The number of benzene rings is 1. The molecule has 0 bridgehead atoms. The third-order valence-corrected chi connectivity index (χ3v) is 2.82. The summed E-state index contributed by atoms with van der Waals surface area (Å²) in [6, 6.07) is 9.66. The molecule has 2 rings (SSSR count). The van der Waals surface area contributed by atoms with Gasteiger partial charge < -0.3 is 15.0 Å². The molecule has 1 unspecified atom stereocenters. The molecule has 21 heavy (non-hydrogen) atoms. The second-order valence-electron chi connectivity index (χ2n) is 5.92. The van der Waals surface area contributed by atoms with Crippen LogP contribution < -0.4 is 5.32 Å². The maximum atomic E-state index is 11.7. The van der Waals surface area contributed by atoms with Crippen LogP contribution in [0.5, 0.6) is 0 Å². The van der Waals surface area contributed by atoms with Gasteiger partial charge in [-0.2, -0.15) is 0 Å². The molecule has 0 aliphatic heterocycles. The van der Waals surface area contributed by atoms with Crippen LogP contribution in [0, 0.1) is 0 Å². The zero-order chi connectivity index (χ0) is 15.5. The van der Waals surface area contributed by atoms with E-state index in [0.29, 0.717) is 5.82 Å². The first-order valence-corrected chi connectivity index (χ1v) is 6.95. The smallest absolute Gasteiger partial charge is 0.408 e. The Labute approximate surface area is 124 Å². The van der Waals surface area contributed by atoms with E-state index >= 15 is 0 Å². The normalized spacial score (nSPS) is 12.8. The summed E-state index contributed by atoms with van der Waals surface area (Å²) >= 11 is 0. The number of carbonyl (C=O) groups is 1. The predicted molar refractivity (Wildman–Crippen MR) is 81.8 cm³/mol. The number of hydrogen-bond acceptors (Lipinski definition) is 3. The molecule has 1 amide bonds. The molecule has 1 atom stereocenters. The van der Waals surface area contributed by atoms with Crippen molar-refractivity contribution in [1.82, 2.24) is 15.3 Å². The Morgan fingerprint density at radius 2 is 1.95 bits per heavy atom. The van der Waals surface area contributed by atoms with Crippen molar-refractivity contribution in [2.45, 2.75) is 39.3 Å². The molecule has 5 heteroatoms. The lowest BCUT2D eigenvalue weighted by Gasteiger charge is -2.21. The van der Waals surface area contributed by atoms with Crippen molar-refractivity contribution in [2.24, 2.45) is 0 Å². The summed E-state index contributed by atoms with van der Waals surface area (Å²) < 4.78 is 5.23. The van der Waals surface area contributed by atoms with E-state index in [1.807, 2.05) is 58.0 Å². The van der Waals surface area contributed by atoms with Gasteiger partial charge in [0, 0.05) is 0 Å². The standard InChI is InChI=1S/C16H21N3O2/c1-11(18-15(20)21-16(2,3)4)14-17-10-13(19-14)12-8-6-5-7-9-12/h5-11H,1-4H3,(H,17,19)(H,18,20). The first kappa shape index (κ1) is 15.1. The Kier molecular flexibility index (Phi) is 4.31. The Morgan fingerprint density at radius 1 is 1.29 bits per heavy atom. The monoisotopic (exact) mass is 287 g/mol. The number of hydrogen-bond donors (Lipinski definition) is 2. The number of carbonyl (C=O) groups excluding carboxylic acids is 1. The van der Waals surface area contributed by atoms with Crippen molar-refractivity contribution >= 4 is 6.09 Å². The lowest BCUT2D eigenvalue weighted by atomic mass is 10.2. The second kappa shape index (κ2) is 5.99. The number of rotatable bonds is 3. The van der Waals surface area contributed by atoms with Crippen LogP contribution in [0.25, 0.3) is 11.3 Å². The molecule has 0 spiro atoms. The molecule has 0 fully saturated rings. The summed E-state index contributed by atoms with van der Waals surface area (Å²) in [7, 11) is 0. The molecule has 2 N–H and O–H groups in total. The van der Waals surface area contributed by atoms with Gasteiger partial charge in [-0.3, -0.25) is 0 Å². The molecule has 0 radical (unpaired) electrons. The van der Waals surface area contributed by atoms with Crippen molar-refractivity contribution in [1.29, 1.82) is 0 Å². The first-order chi connectivity index (χ1) is 9.85. The van der Waals surface area contributed by atoms with Crippen LogP contribution in [-0.2, 0) is 4.74 Å². The molecule has 5 nitrogen and oxygen atoms in total. The molecular weight excluding hydrogens is 266 g/mol. The van der Waals surface area contributed by atoms with Crippen LogP contribution in [-0.4, -0.2) is 21.7 Å². The van der Waals surface area contributed by atoms with Crippen LogP contribution in [0.1, 0.15) is 39.6 Å². The number of amides is 1. The molecule has 1 heterocycles. The minimum Gasteiger partial charge on any atom is -0.444 e. The lowest BCUT2D eigenvalue weighted by Crippen LogP contribution is -2.34. The minimum absolute atomic E-state index is 0.252. The van der Waals surface area contributed by atoms with Gasteiger partial charge in [-0.25, -0.2) is 9.78 Å². The van der Waals surface area contributed by atoms with E-state index in [9.17, 15) is 4.79 Å². The van der Waals surface area contributed by atoms with Crippen LogP contribution >= 0.6 is 0 Å². The molecule has 0 saturated carbocycles. The number of aromatic nitrogens is 2. The fourth-order valence-corrected chi connectivity index (χ4v) is 1.87. The molecule has 0 aliphatic carbocycles. The minimum atomic E-state index is -0.512. The highest BCUT2D eigenvalue weighted by atomic mass is 16.6. The van der Waals surface area contributed by atoms with Crippen molar-refractivity contribution in [3.63, 3.8) is 0 Å². The van der Waals surface area contributed by atoms with Gasteiger partial charge in [0.05, 0.1) is 17.9 Å². The van der Waals surface area contributed by atoms with Gasteiger partial charge in [-0.15, -0.1) is 0 Å². The highest BCUT2D eigenvalue weighted by Crippen LogP contribution is 2.19. The highest BCUT2D eigenvalue weighted by molar-refractivity contribution is 5.68. The number of imidazole rings is 1. The number of aromatic amines is 1. The molecule has 0 saturated heterocycles. The molecular formula is C16H21N3O2. The van der Waals surface area contributed by atoms with Crippen molar-refractivity contribution in [3.8, 4) is 11.3 Å². The van der Waals surface area contributed by atoms with Gasteiger partial charge in [0.15, 0.2) is 0 Å². The summed E-state index contributed by atoms with van der Waals surface area (Å²) in [6.45, 7) is 7.35. The maximum absolute atomic E-state index is 11.7. The second-order valence-corrected chi connectivity index (χ2v) is 5.92.